The molecule has 0 radical (unpaired) electrons. The van der Waals surface area contributed by atoms with E-state index in [0.717, 1.165) is 17.8 Å². The number of para-hydroxylation sites is 1. The smallest absolute Gasteiger partial charge is 0.237 e. The molecule has 0 fully saturated rings. The van der Waals surface area contributed by atoms with Crippen LogP contribution in [-0.4, -0.2) is 29.7 Å². The second kappa shape index (κ2) is 6.01. The number of alkyl halides is 1. The number of nitrogens with one attached hydrogen (secondary N) is 1. The molecule has 1 aromatic rings. The molecular weight excluding hydrogens is 268 g/mol. The topological polar surface area (TPSA) is 32.3 Å². The van der Waals surface area contributed by atoms with Crippen molar-refractivity contribution in [3.05, 3.63) is 29.8 Å². The number of hydrogen-bond acceptors (Lipinski definition) is 2. The minimum Gasteiger partial charge on any atom is -0.325 e. The number of nitrogens with zero attached hydrogens (tertiary/aromatic N) is 1. The molecule has 0 aliphatic heterocycles. The molecule has 3 nitrogen and oxygen atoms in total. The molecule has 1 amide bonds. The van der Waals surface area contributed by atoms with Gasteiger partial charge in [-0.25, -0.2) is 0 Å². The number of carbonyl (C=O) groups is 1. The molecule has 0 heterocycles. The zero-order chi connectivity index (χ0) is 12.1. The predicted molar refractivity (Wildman–Crippen MR) is 70.9 cm³/mol. The quantitative estimate of drug-likeness (QED) is 0.862. The molecular formula is C12H17BrN2O. The predicted octanol–water partition coefficient (Wildman–Crippen LogP) is 2.47. The third kappa shape index (κ3) is 3.94. The van der Waals surface area contributed by atoms with E-state index in [-0.39, 0.29) is 10.7 Å². The first-order valence-corrected chi connectivity index (χ1v) is 6.10. The van der Waals surface area contributed by atoms with Gasteiger partial charge in [0.2, 0.25) is 5.91 Å². The van der Waals surface area contributed by atoms with Crippen molar-refractivity contribution >= 4 is 27.5 Å². The van der Waals surface area contributed by atoms with E-state index in [9.17, 15) is 4.79 Å². The first kappa shape index (κ1) is 13.2. The summed E-state index contributed by atoms with van der Waals surface area (Å²) in [6.07, 6.45) is 0. The van der Waals surface area contributed by atoms with Gasteiger partial charge in [-0.2, -0.15) is 0 Å². The van der Waals surface area contributed by atoms with Crippen LogP contribution in [0.3, 0.4) is 0 Å². The molecule has 0 spiro atoms. The molecule has 0 aliphatic carbocycles. The van der Waals surface area contributed by atoms with Gasteiger partial charge in [-0.05, 0) is 32.6 Å². The SMILES string of the molecule is CC(Br)C(=O)Nc1ccccc1CN(C)C. The highest BCUT2D eigenvalue weighted by atomic mass is 79.9. The van der Waals surface area contributed by atoms with E-state index in [1.165, 1.54) is 0 Å². The van der Waals surface area contributed by atoms with Crippen molar-refractivity contribution in [2.24, 2.45) is 0 Å². The van der Waals surface area contributed by atoms with Gasteiger partial charge in [0.05, 0.1) is 4.83 Å². The van der Waals surface area contributed by atoms with Crippen LogP contribution in [0.2, 0.25) is 0 Å². The molecule has 1 N–H and O–H groups in total. The van der Waals surface area contributed by atoms with Crippen LogP contribution in [-0.2, 0) is 11.3 Å². The molecule has 0 bridgehead atoms. The number of halogens is 1. The standard InChI is InChI=1S/C12H17BrN2O/c1-9(13)12(16)14-11-7-5-4-6-10(11)8-15(2)3/h4-7,9H,8H2,1-3H3,(H,14,16). The fourth-order valence-electron chi connectivity index (χ4n) is 1.35. The van der Waals surface area contributed by atoms with Gasteiger partial charge in [-0.15, -0.1) is 0 Å². The highest BCUT2D eigenvalue weighted by Gasteiger charge is 2.11. The number of benzene rings is 1. The van der Waals surface area contributed by atoms with E-state index < -0.39 is 0 Å². The average molecular weight is 285 g/mol. The molecule has 16 heavy (non-hydrogen) atoms. The Labute approximate surface area is 105 Å². The first-order chi connectivity index (χ1) is 7.50. The van der Waals surface area contributed by atoms with Crippen LogP contribution in [0.1, 0.15) is 12.5 Å². The van der Waals surface area contributed by atoms with Crippen molar-refractivity contribution in [2.45, 2.75) is 18.3 Å². The van der Waals surface area contributed by atoms with Gasteiger partial charge in [0.1, 0.15) is 0 Å². The number of carbonyl (C=O) groups excluding carboxylic acids is 1. The molecule has 4 heteroatoms. The molecule has 0 aliphatic rings. The highest BCUT2D eigenvalue weighted by molar-refractivity contribution is 9.10. The van der Waals surface area contributed by atoms with Crippen LogP contribution >= 0.6 is 15.9 Å². The van der Waals surface area contributed by atoms with Gasteiger partial charge in [0, 0.05) is 12.2 Å². The Balaban J connectivity index is 2.82. The van der Waals surface area contributed by atoms with Crippen molar-refractivity contribution in [1.82, 2.24) is 4.90 Å². The number of amides is 1. The maximum absolute atomic E-state index is 11.6. The normalized spacial score (nSPS) is 12.6. The highest BCUT2D eigenvalue weighted by Crippen LogP contribution is 2.17. The van der Waals surface area contributed by atoms with Gasteiger partial charge < -0.3 is 10.2 Å². The van der Waals surface area contributed by atoms with E-state index in [4.69, 9.17) is 0 Å². The fourth-order valence-corrected chi connectivity index (χ4v) is 1.47. The van der Waals surface area contributed by atoms with Gasteiger partial charge in [0.15, 0.2) is 0 Å². The zero-order valence-electron chi connectivity index (χ0n) is 9.83. The van der Waals surface area contributed by atoms with Crippen molar-refractivity contribution in [2.75, 3.05) is 19.4 Å². The van der Waals surface area contributed by atoms with Crippen molar-refractivity contribution in [3.8, 4) is 0 Å². The number of hydrogen-bond donors (Lipinski definition) is 1. The summed E-state index contributed by atoms with van der Waals surface area (Å²) in [5, 5.41) is 2.90. The summed E-state index contributed by atoms with van der Waals surface area (Å²) in [5.74, 6) is -0.0220. The summed E-state index contributed by atoms with van der Waals surface area (Å²) in [4.78, 5) is 13.5. The second-order valence-corrected chi connectivity index (χ2v) is 5.37. The monoisotopic (exact) mass is 284 g/mol. The summed E-state index contributed by atoms with van der Waals surface area (Å²) in [6.45, 7) is 2.62. The second-order valence-electron chi connectivity index (χ2n) is 4.00. The van der Waals surface area contributed by atoms with Crippen LogP contribution < -0.4 is 5.32 Å². The lowest BCUT2D eigenvalue weighted by Gasteiger charge is -2.15. The summed E-state index contributed by atoms with van der Waals surface area (Å²) >= 11 is 3.25. The maximum atomic E-state index is 11.6. The van der Waals surface area contributed by atoms with E-state index in [2.05, 4.69) is 26.1 Å². The molecule has 88 valence electrons. The summed E-state index contributed by atoms with van der Waals surface area (Å²) in [6, 6.07) is 7.85. The Morgan fingerprint density at radius 2 is 2.06 bits per heavy atom. The molecule has 0 aromatic heterocycles. The van der Waals surface area contributed by atoms with Crippen LogP contribution in [0.5, 0.6) is 0 Å². The Kier molecular flexibility index (Phi) is 4.96. The van der Waals surface area contributed by atoms with Crippen molar-refractivity contribution < 1.29 is 4.79 Å². The Morgan fingerprint density at radius 3 is 2.62 bits per heavy atom. The molecule has 1 unspecified atom stereocenters. The van der Waals surface area contributed by atoms with Crippen LogP contribution in [0.4, 0.5) is 5.69 Å². The van der Waals surface area contributed by atoms with Gasteiger partial charge in [-0.1, -0.05) is 34.1 Å². The molecule has 1 atom stereocenters. The summed E-state index contributed by atoms with van der Waals surface area (Å²) < 4.78 is 0. The molecule has 1 rings (SSSR count). The van der Waals surface area contributed by atoms with E-state index in [1.807, 2.05) is 45.3 Å². The Hall–Kier alpha value is -0.870. The lowest BCUT2D eigenvalue weighted by molar-refractivity contribution is -0.115. The number of anilines is 1. The molecule has 0 saturated carbocycles. The van der Waals surface area contributed by atoms with Crippen LogP contribution in [0.15, 0.2) is 24.3 Å². The maximum Gasteiger partial charge on any atom is 0.237 e. The Morgan fingerprint density at radius 1 is 1.44 bits per heavy atom. The van der Waals surface area contributed by atoms with E-state index in [1.54, 1.807) is 0 Å². The van der Waals surface area contributed by atoms with Gasteiger partial charge in [0.25, 0.3) is 0 Å². The zero-order valence-corrected chi connectivity index (χ0v) is 11.4. The summed E-state index contributed by atoms with van der Waals surface area (Å²) in [5.41, 5.74) is 2.00. The van der Waals surface area contributed by atoms with Gasteiger partial charge >= 0.3 is 0 Å². The lowest BCUT2D eigenvalue weighted by Crippen LogP contribution is -2.21. The lowest BCUT2D eigenvalue weighted by atomic mass is 10.1. The average Bonchev–Trinajstić information content (AvgIpc) is 2.20. The number of rotatable bonds is 4. The third-order valence-corrected chi connectivity index (χ3v) is 2.54. The van der Waals surface area contributed by atoms with Crippen LogP contribution in [0, 0.1) is 0 Å². The van der Waals surface area contributed by atoms with Crippen LogP contribution in [0.25, 0.3) is 0 Å². The van der Waals surface area contributed by atoms with Crippen molar-refractivity contribution in [3.63, 3.8) is 0 Å². The first-order valence-electron chi connectivity index (χ1n) is 5.18. The minimum atomic E-state index is -0.181. The molecule has 0 saturated heterocycles. The fraction of sp³-hybridized carbons (Fsp3) is 0.417. The Bertz CT molecular complexity index is 364. The van der Waals surface area contributed by atoms with Gasteiger partial charge in [-0.3, -0.25) is 4.79 Å². The van der Waals surface area contributed by atoms with E-state index in [0.29, 0.717) is 0 Å². The van der Waals surface area contributed by atoms with E-state index >= 15 is 0 Å². The summed E-state index contributed by atoms with van der Waals surface area (Å²) in [7, 11) is 4.01. The molecule has 1 aromatic carbocycles. The third-order valence-electron chi connectivity index (χ3n) is 2.12. The van der Waals surface area contributed by atoms with Crippen molar-refractivity contribution in [1.29, 1.82) is 0 Å². The minimum absolute atomic E-state index is 0.0220. The largest absolute Gasteiger partial charge is 0.325 e.